The second kappa shape index (κ2) is 10.8. The largest absolute Gasteiger partial charge is 0.475 e. The Morgan fingerprint density at radius 3 is 2.03 bits per heavy atom. The first-order chi connectivity index (χ1) is 17.6. The van der Waals surface area contributed by atoms with Crippen LogP contribution < -0.4 is 9.64 Å². The van der Waals surface area contributed by atoms with Crippen molar-refractivity contribution in [3.8, 4) is 17.0 Å². The SMILES string of the molecule is CN(C(=O)C(C)(C)c1cc(C(F)(F)F)cc(C(F)(F)F)c1)c1cnc(OCCO)cc1-c1ccccc1Cl. The molecule has 12 heteroatoms. The fraction of sp³-hybridized carbons (Fsp3) is 0.308. The number of carbonyl (C=O) groups is 1. The first-order valence-corrected chi connectivity index (χ1v) is 11.5. The third-order valence-electron chi connectivity index (χ3n) is 5.87. The summed E-state index contributed by atoms with van der Waals surface area (Å²) >= 11 is 6.36. The van der Waals surface area contributed by atoms with E-state index in [0.717, 1.165) is 4.90 Å². The third kappa shape index (κ3) is 6.21. The van der Waals surface area contributed by atoms with Crippen molar-refractivity contribution in [3.63, 3.8) is 0 Å². The van der Waals surface area contributed by atoms with Crippen LogP contribution in [-0.4, -0.2) is 36.3 Å². The number of halogens is 7. The lowest BCUT2D eigenvalue weighted by atomic mass is 9.81. The molecule has 1 aromatic heterocycles. The number of ether oxygens (including phenoxy) is 1. The molecule has 5 nitrogen and oxygen atoms in total. The smallest absolute Gasteiger partial charge is 0.416 e. The van der Waals surface area contributed by atoms with E-state index >= 15 is 0 Å². The molecule has 0 saturated heterocycles. The third-order valence-corrected chi connectivity index (χ3v) is 6.20. The molecular weight excluding hydrogens is 538 g/mol. The van der Waals surface area contributed by atoms with Crippen LogP contribution in [0.4, 0.5) is 32.0 Å². The molecule has 204 valence electrons. The van der Waals surface area contributed by atoms with Crippen LogP contribution >= 0.6 is 11.6 Å². The van der Waals surface area contributed by atoms with E-state index in [0.29, 0.717) is 28.3 Å². The van der Waals surface area contributed by atoms with Crippen LogP contribution in [0.1, 0.15) is 30.5 Å². The van der Waals surface area contributed by atoms with Gasteiger partial charge in [-0.3, -0.25) is 4.79 Å². The van der Waals surface area contributed by atoms with Crippen molar-refractivity contribution in [3.05, 3.63) is 76.4 Å². The van der Waals surface area contributed by atoms with Gasteiger partial charge in [-0.05, 0) is 43.7 Å². The number of likely N-dealkylation sites (N-methyl/N-ethyl adjacent to an activating group) is 1. The first-order valence-electron chi connectivity index (χ1n) is 11.1. The molecule has 0 bridgehead atoms. The molecule has 38 heavy (non-hydrogen) atoms. The van der Waals surface area contributed by atoms with Crippen molar-refractivity contribution in [1.82, 2.24) is 4.98 Å². The van der Waals surface area contributed by atoms with Crippen molar-refractivity contribution in [2.45, 2.75) is 31.6 Å². The molecule has 3 rings (SSSR count). The minimum Gasteiger partial charge on any atom is -0.475 e. The summed E-state index contributed by atoms with van der Waals surface area (Å²) in [5, 5.41) is 9.35. The highest BCUT2D eigenvalue weighted by Gasteiger charge is 2.41. The fourth-order valence-electron chi connectivity index (χ4n) is 3.79. The number of amides is 1. The molecule has 0 unspecified atom stereocenters. The van der Waals surface area contributed by atoms with Gasteiger partial charge in [0.1, 0.15) is 6.61 Å². The summed E-state index contributed by atoms with van der Waals surface area (Å²) in [4.78, 5) is 18.9. The van der Waals surface area contributed by atoms with Gasteiger partial charge in [0.15, 0.2) is 0 Å². The molecule has 0 radical (unpaired) electrons. The van der Waals surface area contributed by atoms with Gasteiger partial charge >= 0.3 is 12.4 Å². The van der Waals surface area contributed by atoms with Crippen LogP contribution in [-0.2, 0) is 22.6 Å². The lowest BCUT2D eigenvalue weighted by Crippen LogP contribution is -2.42. The average molecular weight is 561 g/mol. The van der Waals surface area contributed by atoms with E-state index in [1.165, 1.54) is 33.2 Å². The maximum absolute atomic E-state index is 13.7. The lowest BCUT2D eigenvalue weighted by Gasteiger charge is -2.32. The number of carbonyl (C=O) groups excluding carboxylic acids is 1. The van der Waals surface area contributed by atoms with Gasteiger partial charge in [-0.25, -0.2) is 4.98 Å². The molecule has 2 aromatic carbocycles. The highest BCUT2D eigenvalue weighted by molar-refractivity contribution is 6.33. The number of nitrogens with zero attached hydrogens (tertiary/aromatic N) is 2. The minimum absolute atomic E-state index is 0.0122. The molecule has 1 N–H and O–H groups in total. The Kier molecular flexibility index (Phi) is 8.33. The van der Waals surface area contributed by atoms with Crippen LogP contribution in [0.3, 0.4) is 0 Å². The monoisotopic (exact) mass is 560 g/mol. The van der Waals surface area contributed by atoms with Crippen molar-refractivity contribution < 1.29 is 41.0 Å². The Bertz CT molecular complexity index is 1290. The van der Waals surface area contributed by atoms with Gasteiger partial charge in [-0.1, -0.05) is 29.8 Å². The number of aliphatic hydroxyl groups excluding tert-OH is 1. The molecule has 1 heterocycles. The Hall–Kier alpha value is -3.31. The summed E-state index contributed by atoms with van der Waals surface area (Å²) in [5.41, 5.74) is -4.31. The molecule has 0 atom stereocenters. The maximum atomic E-state index is 13.7. The van der Waals surface area contributed by atoms with E-state index in [1.807, 2.05) is 0 Å². The Morgan fingerprint density at radius 2 is 1.50 bits per heavy atom. The van der Waals surface area contributed by atoms with Gasteiger partial charge in [-0.15, -0.1) is 0 Å². The summed E-state index contributed by atoms with van der Waals surface area (Å²) in [6.45, 7) is 2.13. The quantitative estimate of drug-likeness (QED) is 0.325. The second-order valence-corrected chi connectivity index (χ2v) is 9.28. The zero-order valence-electron chi connectivity index (χ0n) is 20.4. The Labute approximate surface area is 219 Å². The van der Waals surface area contributed by atoms with Crippen LogP contribution in [0, 0.1) is 0 Å². The van der Waals surface area contributed by atoms with Gasteiger partial charge in [0, 0.05) is 29.3 Å². The minimum atomic E-state index is -5.06. The highest BCUT2D eigenvalue weighted by Crippen LogP contribution is 2.41. The maximum Gasteiger partial charge on any atom is 0.416 e. The summed E-state index contributed by atoms with van der Waals surface area (Å²) < 4.78 is 86.0. The molecular formula is C26H23ClF6N2O3. The predicted molar refractivity (Wildman–Crippen MR) is 130 cm³/mol. The molecule has 0 aliphatic heterocycles. The number of aromatic nitrogens is 1. The molecule has 0 spiro atoms. The summed E-state index contributed by atoms with van der Waals surface area (Å²) in [7, 11) is 1.33. The number of anilines is 1. The Balaban J connectivity index is 2.13. The second-order valence-electron chi connectivity index (χ2n) is 8.88. The number of hydrogen-bond donors (Lipinski definition) is 1. The number of rotatable bonds is 7. The van der Waals surface area contributed by atoms with E-state index < -0.39 is 40.4 Å². The van der Waals surface area contributed by atoms with Crippen LogP contribution in [0.2, 0.25) is 5.02 Å². The van der Waals surface area contributed by atoms with Gasteiger partial charge < -0.3 is 14.7 Å². The lowest BCUT2D eigenvalue weighted by molar-refractivity contribution is -0.143. The van der Waals surface area contributed by atoms with Crippen LogP contribution in [0.25, 0.3) is 11.1 Å². The normalized spacial score (nSPS) is 12.4. The van der Waals surface area contributed by atoms with Gasteiger partial charge in [0.25, 0.3) is 0 Å². The Morgan fingerprint density at radius 1 is 0.947 bits per heavy atom. The topological polar surface area (TPSA) is 62.7 Å². The summed E-state index contributed by atoms with van der Waals surface area (Å²) in [5.74, 6) is -0.699. The van der Waals surface area contributed by atoms with Gasteiger partial charge in [-0.2, -0.15) is 26.3 Å². The molecule has 0 aliphatic carbocycles. The van der Waals surface area contributed by atoms with E-state index in [1.54, 1.807) is 24.3 Å². The van der Waals surface area contributed by atoms with Crippen LogP contribution in [0.15, 0.2) is 54.7 Å². The standard InChI is InChI=1S/C26H23ClF6N2O3/c1-24(2,15-10-16(25(28,29)30)12-17(11-15)26(31,32)33)23(37)35(3)21-14-34-22(38-9-8-36)13-19(21)18-6-4-5-7-20(18)27/h4-7,10-14,36H,8-9H2,1-3H3. The predicted octanol–water partition coefficient (Wildman–Crippen LogP) is 6.75. The van der Waals surface area contributed by atoms with E-state index in [4.69, 9.17) is 21.4 Å². The number of benzene rings is 2. The van der Waals surface area contributed by atoms with E-state index in [-0.39, 0.29) is 30.8 Å². The van der Waals surface area contributed by atoms with Crippen molar-refractivity contribution in [2.75, 3.05) is 25.2 Å². The zero-order chi connectivity index (χ0) is 28.5. The van der Waals surface area contributed by atoms with Gasteiger partial charge in [0.2, 0.25) is 11.8 Å². The number of pyridine rings is 1. The molecule has 0 saturated carbocycles. The van der Waals surface area contributed by atoms with Crippen molar-refractivity contribution in [1.29, 1.82) is 0 Å². The van der Waals surface area contributed by atoms with Gasteiger partial charge in [0.05, 0.1) is 35.0 Å². The number of alkyl halides is 6. The average Bonchev–Trinajstić information content (AvgIpc) is 2.85. The van der Waals surface area contributed by atoms with Crippen molar-refractivity contribution >= 4 is 23.2 Å². The molecule has 3 aromatic rings. The number of aliphatic hydroxyl groups is 1. The number of hydrogen-bond acceptors (Lipinski definition) is 4. The fourth-order valence-corrected chi connectivity index (χ4v) is 4.03. The summed E-state index contributed by atoms with van der Waals surface area (Å²) in [6, 6.07) is 9.19. The first kappa shape index (κ1) is 29.2. The molecule has 1 amide bonds. The van der Waals surface area contributed by atoms with E-state index in [2.05, 4.69) is 4.98 Å². The van der Waals surface area contributed by atoms with E-state index in [9.17, 15) is 31.1 Å². The van der Waals surface area contributed by atoms with Crippen molar-refractivity contribution in [2.24, 2.45) is 0 Å². The molecule has 0 fully saturated rings. The molecule has 0 aliphatic rings. The zero-order valence-corrected chi connectivity index (χ0v) is 21.2. The van der Waals surface area contributed by atoms with Crippen LogP contribution in [0.5, 0.6) is 5.88 Å². The highest BCUT2D eigenvalue weighted by atomic mass is 35.5. The summed E-state index contributed by atoms with van der Waals surface area (Å²) in [6.07, 6.45) is -8.86.